The van der Waals surface area contributed by atoms with Crippen molar-refractivity contribution in [1.29, 1.82) is 0 Å². The molecule has 0 N–H and O–H groups in total. The van der Waals surface area contributed by atoms with Crippen LogP contribution in [0.5, 0.6) is 0 Å². The fourth-order valence-corrected chi connectivity index (χ4v) is 7.65. The standard InChI is InChI=1S/C49H30N8/c1-2-15-31(16-3-1)45-52-46(54-49(53-45)56-40-25-9-4-17-32(40)33-18-5-10-26-41(33)56)38-21-12-28-43(55-39-24-8-6-19-34(39)36-22-13-29-50-47(36)55)44(38)57-42-27-11-7-20-35(42)37-23-14-30-51-48(37)57/h1-30H/i1D,2D,3D,4D,5D,9D,10D,12D,15D,16D,17D,18D,21D,25D,26D,28D. The molecule has 8 nitrogen and oxygen atoms in total. The molecule has 0 atom stereocenters. The molecular weight excluding hydrogens is 701 g/mol. The topological polar surface area (TPSA) is 79.2 Å². The Labute approximate surface area is 348 Å². The zero-order valence-electron chi connectivity index (χ0n) is 45.2. The third-order valence-electron chi connectivity index (χ3n) is 9.95. The third kappa shape index (κ3) is 4.64. The lowest BCUT2D eigenvalue weighted by Gasteiger charge is -2.20. The van der Waals surface area contributed by atoms with Gasteiger partial charge in [0, 0.05) is 55.8 Å². The summed E-state index contributed by atoms with van der Waals surface area (Å²) in [5.74, 6) is -1.77. The summed E-state index contributed by atoms with van der Waals surface area (Å²) in [7, 11) is 0. The highest BCUT2D eigenvalue weighted by Gasteiger charge is 2.26. The minimum atomic E-state index is -0.772. The number of hydrogen-bond acceptors (Lipinski definition) is 5. The summed E-state index contributed by atoms with van der Waals surface area (Å²) in [6.45, 7) is 0. The van der Waals surface area contributed by atoms with Crippen LogP contribution in [-0.2, 0) is 0 Å². The number of pyridine rings is 2. The van der Waals surface area contributed by atoms with E-state index in [1.54, 1.807) is 51.9 Å². The Morgan fingerprint density at radius 1 is 0.404 bits per heavy atom. The van der Waals surface area contributed by atoms with E-state index in [0.29, 0.717) is 38.5 Å². The maximum atomic E-state index is 9.94. The van der Waals surface area contributed by atoms with Gasteiger partial charge in [-0.25, -0.2) is 15.0 Å². The van der Waals surface area contributed by atoms with Gasteiger partial charge in [0.05, 0.1) is 55.4 Å². The van der Waals surface area contributed by atoms with Crippen molar-refractivity contribution in [3.05, 3.63) is 182 Å². The third-order valence-corrected chi connectivity index (χ3v) is 9.95. The van der Waals surface area contributed by atoms with Gasteiger partial charge in [-0.15, -0.1) is 0 Å². The van der Waals surface area contributed by atoms with E-state index in [0.717, 1.165) is 9.95 Å². The van der Waals surface area contributed by atoms with Crippen LogP contribution < -0.4 is 0 Å². The van der Waals surface area contributed by atoms with Gasteiger partial charge in [0.25, 0.3) is 0 Å². The van der Waals surface area contributed by atoms with Crippen LogP contribution in [0, 0.1) is 0 Å². The van der Waals surface area contributed by atoms with E-state index in [2.05, 4.69) is 4.98 Å². The van der Waals surface area contributed by atoms with E-state index in [-0.39, 0.29) is 27.7 Å². The minimum Gasteiger partial charge on any atom is -0.292 e. The van der Waals surface area contributed by atoms with Crippen LogP contribution in [0.15, 0.2) is 182 Å². The lowest BCUT2D eigenvalue weighted by atomic mass is 10.1. The second kappa shape index (κ2) is 12.3. The Balaban J connectivity index is 1.35. The molecule has 0 amide bonds. The van der Waals surface area contributed by atoms with Crippen LogP contribution in [0.2, 0.25) is 0 Å². The van der Waals surface area contributed by atoms with Crippen molar-refractivity contribution in [2.24, 2.45) is 0 Å². The highest BCUT2D eigenvalue weighted by molar-refractivity contribution is 6.11. The fraction of sp³-hybridized carbons (Fsp3) is 0. The number of nitrogens with zero attached hydrogens (tertiary/aromatic N) is 8. The molecule has 6 heterocycles. The van der Waals surface area contributed by atoms with Crippen LogP contribution in [-0.4, -0.2) is 38.6 Å². The van der Waals surface area contributed by atoms with Crippen LogP contribution in [0.1, 0.15) is 21.9 Å². The van der Waals surface area contributed by atoms with E-state index in [1.807, 2.05) is 42.5 Å². The van der Waals surface area contributed by atoms with Crippen molar-refractivity contribution >= 4 is 65.7 Å². The molecule has 6 aromatic heterocycles. The van der Waals surface area contributed by atoms with E-state index < -0.39 is 131 Å². The maximum absolute atomic E-state index is 9.94. The van der Waals surface area contributed by atoms with Crippen LogP contribution in [0.3, 0.4) is 0 Å². The molecule has 0 radical (unpaired) electrons. The van der Waals surface area contributed by atoms with Crippen LogP contribution >= 0.6 is 0 Å². The van der Waals surface area contributed by atoms with E-state index in [4.69, 9.17) is 35.0 Å². The molecule has 6 aromatic carbocycles. The Morgan fingerprint density at radius 3 is 1.65 bits per heavy atom. The van der Waals surface area contributed by atoms with Crippen molar-refractivity contribution in [3.8, 4) is 40.1 Å². The van der Waals surface area contributed by atoms with Gasteiger partial charge in [-0.3, -0.25) is 13.7 Å². The Morgan fingerprint density at radius 2 is 0.965 bits per heavy atom. The first-order valence-corrected chi connectivity index (χ1v) is 17.6. The minimum absolute atomic E-state index is 0.000533. The lowest BCUT2D eigenvalue weighted by Crippen LogP contribution is -2.10. The number of hydrogen-bond donors (Lipinski definition) is 0. The molecule has 0 saturated heterocycles. The maximum Gasteiger partial charge on any atom is 0.238 e. The molecule has 12 aromatic rings. The molecule has 8 heteroatoms. The van der Waals surface area contributed by atoms with Crippen LogP contribution in [0.25, 0.3) is 106 Å². The first-order chi connectivity index (χ1) is 35.0. The van der Waals surface area contributed by atoms with Crippen molar-refractivity contribution < 1.29 is 21.9 Å². The quantitative estimate of drug-likeness (QED) is 0.175. The van der Waals surface area contributed by atoms with E-state index in [1.165, 1.54) is 0 Å². The van der Waals surface area contributed by atoms with Gasteiger partial charge < -0.3 is 0 Å². The van der Waals surface area contributed by atoms with Crippen molar-refractivity contribution in [2.45, 2.75) is 0 Å². The smallest absolute Gasteiger partial charge is 0.238 e. The average molecular weight is 747 g/mol. The highest BCUT2D eigenvalue weighted by atomic mass is 15.2. The summed E-state index contributed by atoms with van der Waals surface area (Å²) in [6.07, 6.45) is 3.13. The zero-order valence-corrected chi connectivity index (χ0v) is 29.2. The summed E-state index contributed by atoms with van der Waals surface area (Å²) in [5.41, 5.74) is 0.0802. The normalized spacial score (nSPS) is 15.8. The van der Waals surface area contributed by atoms with Crippen LogP contribution in [0.4, 0.5) is 0 Å². The van der Waals surface area contributed by atoms with Gasteiger partial charge in [-0.05, 0) is 60.6 Å². The fourth-order valence-electron chi connectivity index (χ4n) is 7.65. The van der Waals surface area contributed by atoms with Gasteiger partial charge in [-0.1, -0.05) is 109 Å². The van der Waals surface area contributed by atoms with Gasteiger partial charge in [-0.2, -0.15) is 9.97 Å². The molecule has 0 bridgehead atoms. The van der Waals surface area contributed by atoms with Crippen molar-refractivity contribution in [3.63, 3.8) is 0 Å². The summed E-state index contributed by atoms with van der Waals surface area (Å²) in [5, 5.41) is 2.09. The van der Waals surface area contributed by atoms with E-state index >= 15 is 0 Å². The van der Waals surface area contributed by atoms with Gasteiger partial charge in [0.2, 0.25) is 5.95 Å². The molecule has 0 spiro atoms. The molecule has 0 saturated carbocycles. The molecule has 0 aliphatic carbocycles. The van der Waals surface area contributed by atoms with Gasteiger partial charge in [0.15, 0.2) is 11.6 Å². The van der Waals surface area contributed by atoms with Crippen molar-refractivity contribution in [2.75, 3.05) is 0 Å². The molecule has 57 heavy (non-hydrogen) atoms. The molecule has 0 aliphatic heterocycles. The number of rotatable bonds is 5. The summed E-state index contributed by atoms with van der Waals surface area (Å²) >= 11 is 0. The molecule has 0 unspecified atom stereocenters. The number of fused-ring (bicyclic) bond motifs is 9. The number of benzene rings is 6. The molecule has 266 valence electrons. The first-order valence-electron chi connectivity index (χ1n) is 25.6. The monoisotopic (exact) mass is 746 g/mol. The molecular formula is C49H30N8. The first kappa shape index (κ1) is 19.6. The molecule has 12 rings (SSSR count). The zero-order chi connectivity index (χ0) is 51.4. The largest absolute Gasteiger partial charge is 0.292 e. The second-order valence-corrected chi connectivity index (χ2v) is 13.0. The summed E-state index contributed by atoms with van der Waals surface area (Å²) in [4.78, 5) is 24.0. The SMILES string of the molecule is [2H]c1c([2H])c([2H])c(-c2nc(-c3c([2H])c([2H])c([2H])c(-n4c5ccccc5c5cccnc54)c3-n3c4ccccc4c4cccnc43)nc(-n3c4c([2H])c([2H])c([2H])c([2H])c4c4c([2H])c([2H])c([2H])c([2H])c43)n2)c([2H])c1[2H]. The number of para-hydroxylation sites is 5. The summed E-state index contributed by atoms with van der Waals surface area (Å²) < 4.78 is 149. The van der Waals surface area contributed by atoms with Crippen molar-refractivity contribution in [1.82, 2.24) is 38.6 Å². The predicted octanol–water partition coefficient (Wildman–Crippen LogP) is 11.3. The van der Waals surface area contributed by atoms with Gasteiger partial charge >= 0.3 is 0 Å². The Hall–Kier alpha value is -7.97. The molecule has 0 aliphatic rings. The number of aromatic nitrogens is 8. The predicted molar refractivity (Wildman–Crippen MR) is 229 cm³/mol. The Bertz CT molecular complexity index is 4280. The van der Waals surface area contributed by atoms with Gasteiger partial charge in [0.1, 0.15) is 11.3 Å². The highest BCUT2D eigenvalue weighted by Crippen LogP contribution is 2.41. The lowest BCUT2D eigenvalue weighted by molar-refractivity contribution is 0.950. The average Bonchev–Trinajstić information content (AvgIpc) is 4.05. The Kier molecular flexibility index (Phi) is 4.21. The second-order valence-electron chi connectivity index (χ2n) is 13.0. The summed E-state index contributed by atoms with van der Waals surface area (Å²) in [6, 6.07) is 10.6. The van der Waals surface area contributed by atoms with E-state index in [9.17, 15) is 6.85 Å². The molecule has 0 fully saturated rings.